The van der Waals surface area contributed by atoms with Gasteiger partial charge < -0.3 is 19.7 Å². The molecule has 0 aliphatic carbocycles. The number of amides is 2. The van der Waals surface area contributed by atoms with E-state index in [1.54, 1.807) is 38.6 Å². The van der Waals surface area contributed by atoms with Crippen LogP contribution in [0.25, 0.3) is 0 Å². The second kappa shape index (κ2) is 8.84. The molecule has 0 bridgehead atoms. The molecule has 7 nitrogen and oxygen atoms in total. The van der Waals surface area contributed by atoms with Crippen LogP contribution in [-0.4, -0.2) is 50.0 Å². The topological polar surface area (TPSA) is 80.8 Å². The van der Waals surface area contributed by atoms with Gasteiger partial charge in [-0.1, -0.05) is 6.07 Å². The average Bonchev–Trinajstić information content (AvgIpc) is 2.66. The summed E-state index contributed by atoms with van der Waals surface area (Å²) in [6.07, 6.45) is 4.25. The molecule has 0 aliphatic heterocycles. The Labute approximate surface area is 152 Å². The lowest BCUT2D eigenvalue weighted by Crippen LogP contribution is -2.24. The van der Waals surface area contributed by atoms with Crippen LogP contribution in [0.2, 0.25) is 0 Å². The molecular weight excluding hydrogens is 334 g/mol. The van der Waals surface area contributed by atoms with Crippen LogP contribution in [0.4, 0.5) is 5.69 Å². The van der Waals surface area contributed by atoms with Gasteiger partial charge in [-0.15, -0.1) is 0 Å². The maximum Gasteiger partial charge on any atom is 0.255 e. The first-order chi connectivity index (χ1) is 12.5. The minimum atomic E-state index is -0.242. The van der Waals surface area contributed by atoms with Gasteiger partial charge in [-0.3, -0.25) is 14.6 Å². The van der Waals surface area contributed by atoms with Crippen molar-refractivity contribution in [3.05, 3.63) is 47.8 Å². The van der Waals surface area contributed by atoms with E-state index in [1.807, 2.05) is 12.1 Å². The minimum Gasteiger partial charge on any atom is -0.493 e. The van der Waals surface area contributed by atoms with Crippen LogP contribution >= 0.6 is 0 Å². The van der Waals surface area contributed by atoms with Crippen molar-refractivity contribution in [2.24, 2.45) is 0 Å². The Morgan fingerprint density at radius 2 is 1.85 bits per heavy atom. The number of pyridine rings is 1. The third-order valence-corrected chi connectivity index (χ3v) is 3.80. The fourth-order valence-electron chi connectivity index (χ4n) is 2.42. The summed E-state index contributed by atoms with van der Waals surface area (Å²) in [5.41, 5.74) is 1.69. The number of hydrogen-bond donors (Lipinski definition) is 1. The SMILES string of the molecule is COc1cc(NC(=O)CCc2cccnc2)c(C(=O)N(C)C)cc1OC. The summed E-state index contributed by atoms with van der Waals surface area (Å²) in [6.45, 7) is 0. The van der Waals surface area contributed by atoms with Gasteiger partial charge in [0, 0.05) is 39.0 Å². The van der Waals surface area contributed by atoms with Crippen molar-refractivity contribution in [2.75, 3.05) is 33.6 Å². The molecule has 2 amide bonds. The number of ether oxygens (including phenoxy) is 2. The van der Waals surface area contributed by atoms with Gasteiger partial charge in [0.05, 0.1) is 25.5 Å². The van der Waals surface area contributed by atoms with Crippen LogP contribution in [0, 0.1) is 0 Å². The van der Waals surface area contributed by atoms with Crippen LogP contribution in [0.15, 0.2) is 36.7 Å². The smallest absolute Gasteiger partial charge is 0.255 e. The molecular formula is C19H23N3O4. The summed E-state index contributed by atoms with van der Waals surface area (Å²) in [6, 6.07) is 6.91. The van der Waals surface area contributed by atoms with Crippen molar-refractivity contribution < 1.29 is 19.1 Å². The fourth-order valence-corrected chi connectivity index (χ4v) is 2.42. The zero-order chi connectivity index (χ0) is 19.1. The molecule has 0 unspecified atom stereocenters. The number of aromatic nitrogens is 1. The predicted octanol–water partition coefficient (Wildman–Crippen LogP) is 2.37. The van der Waals surface area contributed by atoms with E-state index >= 15 is 0 Å². The number of methoxy groups -OCH3 is 2. The van der Waals surface area contributed by atoms with Crippen molar-refractivity contribution >= 4 is 17.5 Å². The van der Waals surface area contributed by atoms with Crippen LogP contribution in [-0.2, 0) is 11.2 Å². The minimum absolute atomic E-state index is 0.200. The standard InChI is InChI=1S/C19H23N3O4/c1-22(2)19(24)14-10-16(25-3)17(26-4)11-15(14)21-18(23)8-7-13-6-5-9-20-12-13/h5-6,9-12H,7-8H2,1-4H3,(H,21,23). The van der Waals surface area contributed by atoms with Gasteiger partial charge in [0.2, 0.25) is 5.91 Å². The summed E-state index contributed by atoms with van der Waals surface area (Å²) < 4.78 is 10.5. The first-order valence-electron chi connectivity index (χ1n) is 8.12. The molecule has 0 aliphatic rings. The molecule has 0 saturated carbocycles. The van der Waals surface area contributed by atoms with Gasteiger partial charge in [0.25, 0.3) is 5.91 Å². The van der Waals surface area contributed by atoms with Gasteiger partial charge in [-0.25, -0.2) is 0 Å². The van der Waals surface area contributed by atoms with Gasteiger partial charge in [0.15, 0.2) is 11.5 Å². The zero-order valence-corrected chi connectivity index (χ0v) is 15.4. The Bertz CT molecular complexity index is 776. The number of nitrogens with zero attached hydrogens (tertiary/aromatic N) is 2. The second-order valence-corrected chi connectivity index (χ2v) is 5.86. The van der Waals surface area contributed by atoms with Crippen LogP contribution in [0.5, 0.6) is 11.5 Å². The molecule has 26 heavy (non-hydrogen) atoms. The highest BCUT2D eigenvalue weighted by atomic mass is 16.5. The monoisotopic (exact) mass is 357 g/mol. The molecule has 138 valence electrons. The van der Waals surface area contributed by atoms with E-state index in [0.29, 0.717) is 29.2 Å². The highest BCUT2D eigenvalue weighted by Gasteiger charge is 2.19. The fraction of sp³-hybridized carbons (Fsp3) is 0.316. The normalized spacial score (nSPS) is 10.2. The van der Waals surface area contributed by atoms with Crippen molar-refractivity contribution in [3.8, 4) is 11.5 Å². The van der Waals surface area contributed by atoms with Crippen LogP contribution in [0.3, 0.4) is 0 Å². The van der Waals surface area contributed by atoms with E-state index in [-0.39, 0.29) is 18.2 Å². The molecule has 0 fully saturated rings. The van der Waals surface area contributed by atoms with E-state index < -0.39 is 0 Å². The number of rotatable bonds is 7. The second-order valence-electron chi connectivity index (χ2n) is 5.86. The van der Waals surface area contributed by atoms with E-state index in [9.17, 15) is 9.59 Å². The maximum atomic E-state index is 12.5. The number of benzene rings is 1. The summed E-state index contributed by atoms with van der Waals surface area (Å²) in [5, 5.41) is 2.80. The Kier molecular flexibility index (Phi) is 6.54. The van der Waals surface area contributed by atoms with E-state index in [2.05, 4.69) is 10.3 Å². The summed E-state index contributed by atoms with van der Waals surface area (Å²) in [5.74, 6) is 0.416. The molecule has 2 aromatic rings. The maximum absolute atomic E-state index is 12.5. The zero-order valence-electron chi connectivity index (χ0n) is 15.4. The van der Waals surface area contributed by atoms with Crippen molar-refractivity contribution in [2.45, 2.75) is 12.8 Å². The first-order valence-corrected chi connectivity index (χ1v) is 8.12. The van der Waals surface area contributed by atoms with Crippen molar-refractivity contribution in [1.29, 1.82) is 0 Å². The molecule has 2 rings (SSSR count). The molecule has 1 aromatic carbocycles. The summed E-state index contributed by atoms with van der Waals surface area (Å²) in [7, 11) is 6.29. The Morgan fingerprint density at radius 1 is 1.15 bits per heavy atom. The molecule has 0 atom stereocenters. The Morgan fingerprint density at radius 3 is 2.42 bits per heavy atom. The Hall–Kier alpha value is -3.09. The average molecular weight is 357 g/mol. The third kappa shape index (κ3) is 4.72. The number of carbonyl (C=O) groups is 2. The lowest BCUT2D eigenvalue weighted by Gasteiger charge is -2.18. The van der Waals surface area contributed by atoms with Crippen molar-refractivity contribution in [3.63, 3.8) is 0 Å². The Balaban J connectivity index is 2.22. The van der Waals surface area contributed by atoms with Gasteiger partial charge in [-0.05, 0) is 24.1 Å². The lowest BCUT2D eigenvalue weighted by atomic mass is 10.1. The number of nitrogens with one attached hydrogen (secondary N) is 1. The van der Waals surface area contributed by atoms with Gasteiger partial charge >= 0.3 is 0 Å². The van der Waals surface area contributed by atoms with Crippen LogP contribution < -0.4 is 14.8 Å². The third-order valence-electron chi connectivity index (χ3n) is 3.80. The number of hydrogen-bond acceptors (Lipinski definition) is 5. The molecule has 7 heteroatoms. The van der Waals surface area contributed by atoms with E-state index in [0.717, 1.165) is 5.56 Å². The first kappa shape index (κ1) is 19.2. The highest BCUT2D eigenvalue weighted by molar-refractivity contribution is 6.04. The summed E-state index contributed by atoms with van der Waals surface area (Å²) >= 11 is 0. The molecule has 0 spiro atoms. The predicted molar refractivity (Wildman–Crippen MR) is 98.8 cm³/mol. The molecule has 1 N–H and O–H groups in total. The highest BCUT2D eigenvalue weighted by Crippen LogP contribution is 2.34. The molecule has 0 radical (unpaired) electrons. The number of anilines is 1. The van der Waals surface area contributed by atoms with Gasteiger partial charge in [-0.2, -0.15) is 0 Å². The van der Waals surface area contributed by atoms with Crippen molar-refractivity contribution in [1.82, 2.24) is 9.88 Å². The molecule has 1 aromatic heterocycles. The van der Waals surface area contributed by atoms with E-state index in [1.165, 1.54) is 19.1 Å². The lowest BCUT2D eigenvalue weighted by molar-refractivity contribution is -0.116. The number of carbonyl (C=O) groups excluding carboxylic acids is 2. The van der Waals surface area contributed by atoms with Crippen LogP contribution in [0.1, 0.15) is 22.3 Å². The largest absolute Gasteiger partial charge is 0.493 e. The quantitative estimate of drug-likeness (QED) is 0.823. The van der Waals surface area contributed by atoms with E-state index in [4.69, 9.17) is 9.47 Å². The van der Waals surface area contributed by atoms with Gasteiger partial charge in [0.1, 0.15) is 0 Å². The summed E-state index contributed by atoms with van der Waals surface area (Å²) in [4.78, 5) is 30.3. The molecule has 1 heterocycles. The number of aryl methyl sites for hydroxylation is 1. The molecule has 0 saturated heterocycles.